The topological polar surface area (TPSA) is 168 Å². The van der Waals surface area contributed by atoms with E-state index in [0.29, 0.717) is 28.2 Å². The average molecular weight is 1060 g/mol. The molecule has 2 aromatic heterocycles. The summed E-state index contributed by atoms with van der Waals surface area (Å²) >= 11 is 3.68. The second kappa shape index (κ2) is 19.3. The molecule has 0 amide bonds. The monoisotopic (exact) mass is 1060 g/mol. The van der Waals surface area contributed by atoms with Crippen molar-refractivity contribution in [1.82, 2.24) is 19.1 Å². The van der Waals surface area contributed by atoms with E-state index in [0.717, 1.165) is 22.4 Å². The fourth-order valence-electron chi connectivity index (χ4n) is 10.7. The number of benzene rings is 5. The number of para-hydroxylation sites is 2. The van der Waals surface area contributed by atoms with Crippen LogP contribution in [0.5, 0.6) is 5.75 Å². The van der Waals surface area contributed by atoms with Gasteiger partial charge in [-0.15, -0.1) is 0 Å². The summed E-state index contributed by atoms with van der Waals surface area (Å²) in [7, 11) is -2.10. The fraction of sp³-hybridized carbons (Fsp3) is 0.352. The number of nitrogens with one attached hydrogen (secondary N) is 2. The second-order valence-electron chi connectivity index (χ2n) is 19.4. The molecule has 8 atom stereocenters. The Morgan fingerprint density at radius 1 is 0.708 bits per heavy atom. The van der Waals surface area contributed by atoms with Crippen molar-refractivity contribution in [3.63, 3.8) is 0 Å². The third kappa shape index (κ3) is 9.20. The highest BCUT2D eigenvalue weighted by Gasteiger charge is 2.58. The number of imidazole rings is 1. The Labute approximate surface area is 425 Å². The summed E-state index contributed by atoms with van der Waals surface area (Å²) in [5.41, 5.74) is 2.95. The maximum atomic E-state index is 14.8. The Kier molecular flexibility index (Phi) is 13.0. The molecule has 374 valence electrons. The Bertz CT molecular complexity index is 3050. The van der Waals surface area contributed by atoms with Crippen LogP contribution >= 0.6 is 23.6 Å². The van der Waals surface area contributed by atoms with Crippen LogP contribution in [0.25, 0.3) is 11.2 Å². The molecule has 11 rings (SSSR count). The molecule has 1 aliphatic carbocycles. The predicted octanol–water partition coefficient (Wildman–Crippen LogP) is 10.2. The van der Waals surface area contributed by atoms with Crippen molar-refractivity contribution in [3.05, 3.63) is 184 Å². The third-order valence-electron chi connectivity index (χ3n) is 13.8. The molecule has 3 aliphatic heterocycles. The first kappa shape index (κ1) is 48.5. The summed E-state index contributed by atoms with van der Waals surface area (Å²) in [5, 5.41) is 6.19. The minimum Gasteiger partial charge on any atom is -0.497 e. The number of aromatic nitrogens is 4. The SMILES string of the molecule is COc1ccc(C(OC[C@H]2O[C@@H](n3c(Br)nc4c(=O)n([C@@H]5C[C@H](COP(=O)(Nc6ccccc6)Nc6ccccc6)[C@H]6OC(C)(C)O[C@H]65)cnc43)[C@@H]3OC(C)(C)O[C@@H]32)(c2ccccc2)c2ccccc2)cc1. The van der Waals surface area contributed by atoms with E-state index in [1.807, 2.05) is 149 Å². The van der Waals surface area contributed by atoms with E-state index in [1.165, 1.54) is 6.33 Å². The fourth-order valence-corrected chi connectivity index (χ4v) is 12.8. The Morgan fingerprint density at radius 2 is 1.24 bits per heavy atom. The van der Waals surface area contributed by atoms with Crippen molar-refractivity contribution >= 4 is 46.1 Å². The number of hydrogen-bond donors (Lipinski definition) is 2. The van der Waals surface area contributed by atoms with E-state index in [2.05, 4.69) is 50.4 Å². The van der Waals surface area contributed by atoms with Crippen LogP contribution in [0, 0.1) is 5.92 Å². The molecule has 18 heteroatoms. The van der Waals surface area contributed by atoms with Crippen LogP contribution in [0.4, 0.5) is 11.4 Å². The van der Waals surface area contributed by atoms with Crippen molar-refractivity contribution in [1.29, 1.82) is 0 Å². The Morgan fingerprint density at radius 3 is 1.82 bits per heavy atom. The molecule has 72 heavy (non-hydrogen) atoms. The molecule has 16 nitrogen and oxygen atoms in total. The highest BCUT2D eigenvalue weighted by atomic mass is 79.9. The highest BCUT2D eigenvalue weighted by Crippen LogP contribution is 2.52. The lowest BCUT2D eigenvalue weighted by molar-refractivity contribution is -0.205. The van der Waals surface area contributed by atoms with Crippen molar-refractivity contribution in [2.45, 2.75) is 94.1 Å². The first-order valence-corrected chi connectivity index (χ1v) is 26.5. The van der Waals surface area contributed by atoms with Crippen LogP contribution in [0.1, 0.15) is 63.1 Å². The normalized spacial score (nSPS) is 25.3. The van der Waals surface area contributed by atoms with Gasteiger partial charge in [0.05, 0.1) is 32.5 Å². The molecule has 5 aromatic carbocycles. The van der Waals surface area contributed by atoms with Gasteiger partial charge in [0.15, 0.2) is 33.7 Å². The molecule has 4 aliphatic rings. The summed E-state index contributed by atoms with van der Waals surface area (Å²) in [6.07, 6.45) is -1.80. The lowest BCUT2D eigenvalue weighted by atomic mass is 9.80. The summed E-state index contributed by atoms with van der Waals surface area (Å²) in [6, 6.07) is 46.0. The lowest BCUT2D eigenvalue weighted by Gasteiger charge is -2.37. The van der Waals surface area contributed by atoms with Crippen LogP contribution in [-0.2, 0) is 43.1 Å². The lowest BCUT2D eigenvalue weighted by Crippen LogP contribution is -2.39. The molecule has 0 unspecified atom stereocenters. The zero-order chi connectivity index (χ0) is 49.8. The van der Waals surface area contributed by atoms with E-state index < -0.39 is 67.6 Å². The van der Waals surface area contributed by atoms with Gasteiger partial charge < -0.3 is 33.2 Å². The maximum Gasteiger partial charge on any atom is 0.391 e. The number of anilines is 2. The highest BCUT2D eigenvalue weighted by molar-refractivity contribution is 9.10. The van der Waals surface area contributed by atoms with Crippen LogP contribution in [0.2, 0.25) is 0 Å². The molecular formula is C54H56BrN6O10P. The van der Waals surface area contributed by atoms with Gasteiger partial charge in [-0.2, -0.15) is 0 Å². The van der Waals surface area contributed by atoms with Crippen molar-refractivity contribution < 1.29 is 42.2 Å². The van der Waals surface area contributed by atoms with Crippen LogP contribution in [-0.4, -0.2) is 81.5 Å². The zero-order valence-electron chi connectivity index (χ0n) is 40.4. The van der Waals surface area contributed by atoms with Gasteiger partial charge in [0.2, 0.25) is 0 Å². The smallest absolute Gasteiger partial charge is 0.391 e. The molecule has 4 fully saturated rings. The van der Waals surface area contributed by atoms with E-state index in [9.17, 15) is 9.36 Å². The summed E-state index contributed by atoms with van der Waals surface area (Å²) < 4.78 is 70.6. The van der Waals surface area contributed by atoms with E-state index in [4.69, 9.17) is 47.6 Å². The summed E-state index contributed by atoms with van der Waals surface area (Å²) in [4.78, 5) is 24.5. The van der Waals surface area contributed by atoms with E-state index in [1.54, 1.807) is 16.2 Å². The maximum absolute atomic E-state index is 14.8. The van der Waals surface area contributed by atoms with Crippen molar-refractivity contribution in [2.75, 3.05) is 30.5 Å². The molecule has 0 radical (unpaired) electrons. The zero-order valence-corrected chi connectivity index (χ0v) is 42.9. The van der Waals surface area contributed by atoms with Gasteiger partial charge in [-0.05, 0) is 103 Å². The third-order valence-corrected chi connectivity index (χ3v) is 15.9. The number of rotatable bonds is 16. The minimum atomic E-state index is -3.75. The molecule has 0 spiro atoms. The molecule has 5 heterocycles. The van der Waals surface area contributed by atoms with E-state index >= 15 is 0 Å². The largest absolute Gasteiger partial charge is 0.497 e. The van der Waals surface area contributed by atoms with Gasteiger partial charge in [-0.1, -0.05) is 109 Å². The Balaban J connectivity index is 0.888. The number of fused-ring (bicyclic) bond motifs is 3. The van der Waals surface area contributed by atoms with E-state index in [-0.39, 0.29) is 30.2 Å². The molecule has 3 saturated heterocycles. The number of hydrogen-bond acceptors (Lipinski definition) is 12. The summed E-state index contributed by atoms with van der Waals surface area (Å²) in [5.74, 6) is -1.53. The number of nitrogens with zero attached hydrogens (tertiary/aromatic N) is 4. The van der Waals surface area contributed by atoms with Gasteiger partial charge in [-0.25, -0.2) is 14.5 Å². The molecule has 2 N–H and O–H groups in total. The predicted molar refractivity (Wildman–Crippen MR) is 274 cm³/mol. The Hall–Kier alpha value is -5.72. The number of methoxy groups -OCH3 is 1. The van der Waals surface area contributed by atoms with Gasteiger partial charge in [0.1, 0.15) is 42.1 Å². The van der Waals surface area contributed by atoms with Crippen LogP contribution in [0.15, 0.2) is 161 Å². The average Bonchev–Trinajstić information content (AvgIpc) is 4.16. The first-order chi connectivity index (χ1) is 34.7. The number of ether oxygens (including phenoxy) is 7. The summed E-state index contributed by atoms with van der Waals surface area (Å²) in [6.45, 7) is 7.54. The molecular weight excluding hydrogens is 1000 g/mol. The van der Waals surface area contributed by atoms with Crippen molar-refractivity contribution in [3.8, 4) is 5.75 Å². The van der Waals surface area contributed by atoms with Gasteiger partial charge >= 0.3 is 7.67 Å². The van der Waals surface area contributed by atoms with Gasteiger partial charge in [-0.3, -0.25) is 28.6 Å². The molecule has 0 bridgehead atoms. The van der Waals surface area contributed by atoms with Gasteiger partial charge in [0, 0.05) is 17.3 Å². The molecule has 7 aromatic rings. The van der Waals surface area contributed by atoms with Crippen molar-refractivity contribution in [2.24, 2.45) is 5.92 Å². The van der Waals surface area contributed by atoms with Gasteiger partial charge in [0.25, 0.3) is 5.56 Å². The molecule has 1 saturated carbocycles. The van der Waals surface area contributed by atoms with Crippen LogP contribution in [0.3, 0.4) is 0 Å². The minimum absolute atomic E-state index is 0.0292. The first-order valence-electron chi connectivity index (χ1n) is 24.1. The second-order valence-corrected chi connectivity index (χ2v) is 21.9. The van der Waals surface area contributed by atoms with Crippen LogP contribution < -0.4 is 20.5 Å². The number of halogens is 1. The quantitative estimate of drug-likeness (QED) is 0.0533. The standard InChI is InChI=1S/C54H56BrN6O10P/c1-52(2)68-44-34(31-66-72(63,58-38-22-14-8-15-23-38)59-39-24-16-9-17-25-39)30-41(45(44)69-52)60-33-56-48-43(49(60)62)57-51(55)61(48)50-47-46(70-53(3,4)71-47)42(67-50)32-65-54(35-18-10-6-11-19-35,36-20-12-7-13-21-36)37-26-28-40(64-5)29-27-37/h6-29,33-34,41-42,44-47,50H,30-32H2,1-5H3,(H2,58,59,63)/t34-,41-,42-,44-,45+,46-,47-,50-/m1/s1.